The number of aromatic nitrogens is 2. The minimum absolute atomic E-state index is 0.0713. The van der Waals surface area contributed by atoms with Crippen LogP contribution < -0.4 is 16.0 Å². The fourth-order valence-corrected chi connectivity index (χ4v) is 2.26. The predicted molar refractivity (Wildman–Crippen MR) is 97.6 cm³/mol. The van der Waals surface area contributed by atoms with Crippen LogP contribution in [-0.2, 0) is 6.42 Å². The average molecular weight is 327 g/mol. The quantitative estimate of drug-likeness (QED) is 0.650. The fraction of sp³-hybridized carbons (Fsp3) is 0.389. The van der Waals surface area contributed by atoms with E-state index in [-0.39, 0.29) is 5.91 Å². The van der Waals surface area contributed by atoms with Crippen LogP contribution in [0.5, 0.6) is 0 Å². The summed E-state index contributed by atoms with van der Waals surface area (Å²) in [4.78, 5) is 20.8. The molecule has 1 aromatic carbocycles. The van der Waals surface area contributed by atoms with Crippen molar-refractivity contribution in [1.82, 2.24) is 15.3 Å². The van der Waals surface area contributed by atoms with Crippen molar-refractivity contribution in [3.63, 3.8) is 0 Å². The average Bonchev–Trinajstić information content (AvgIpc) is 2.58. The van der Waals surface area contributed by atoms with Crippen LogP contribution >= 0.6 is 0 Å². The van der Waals surface area contributed by atoms with Crippen LogP contribution in [0.25, 0.3) is 0 Å². The van der Waals surface area contributed by atoms with E-state index < -0.39 is 0 Å². The molecule has 2 rings (SSSR count). The van der Waals surface area contributed by atoms with Crippen molar-refractivity contribution in [2.75, 3.05) is 30.3 Å². The molecular formula is C18H25N5O. The Morgan fingerprint density at radius 1 is 1.04 bits per heavy atom. The first kappa shape index (κ1) is 17.7. The first-order chi connectivity index (χ1) is 11.6. The number of nitrogens with one attached hydrogen (secondary N) is 3. The summed E-state index contributed by atoms with van der Waals surface area (Å²) in [7, 11) is 0. The van der Waals surface area contributed by atoms with Crippen molar-refractivity contribution < 1.29 is 4.79 Å². The lowest BCUT2D eigenvalue weighted by Gasteiger charge is -2.10. The maximum absolute atomic E-state index is 12.1. The molecule has 0 fully saturated rings. The maximum atomic E-state index is 12.1. The molecule has 0 unspecified atom stereocenters. The summed E-state index contributed by atoms with van der Waals surface area (Å²) in [5.41, 5.74) is 2.79. The third-order valence-corrected chi connectivity index (χ3v) is 3.53. The highest BCUT2D eigenvalue weighted by atomic mass is 16.1. The lowest BCUT2D eigenvalue weighted by atomic mass is 10.1. The molecular weight excluding hydrogens is 302 g/mol. The van der Waals surface area contributed by atoms with Gasteiger partial charge in [-0.3, -0.25) is 4.79 Å². The standard InChI is InChI=1S/C18H25N5O/c1-4-14-6-8-15(9-7-14)17(24)20-10-11-21-18-22-13(3)12-16(23-18)19-5-2/h6-9,12H,4-5,10-11H2,1-3H3,(H,20,24)(H2,19,21,22,23). The molecule has 0 aliphatic carbocycles. The number of carbonyl (C=O) groups is 1. The Balaban J connectivity index is 1.80. The summed E-state index contributed by atoms with van der Waals surface area (Å²) in [6.07, 6.45) is 0.969. The SMILES string of the molecule is CCNc1cc(C)nc(NCCNC(=O)c2ccc(CC)cc2)n1. The van der Waals surface area contributed by atoms with Crippen molar-refractivity contribution in [3.05, 3.63) is 47.2 Å². The highest BCUT2D eigenvalue weighted by Crippen LogP contribution is 2.09. The summed E-state index contributed by atoms with van der Waals surface area (Å²) in [6.45, 7) is 7.91. The number of rotatable bonds is 8. The third kappa shape index (κ3) is 5.22. The van der Waals surface area contributed by atoms with E-state index in [0.717, 1.165) is 24.5 Å². The van der Waals surface area contributed by atoms with Gasteiger partial charge in [0.25, 0.3) is 5.91 Å². The van der Waals surface area contributed by atoms with E-state index in [0.29, 0.717) is 24.6 Å². The van der Waals surface area contributed by atoms with Crippen LogP contribution in [0, 0.1) is 6.92 Å². The smallest absolute Gasteiger partial charge is 0.251 e. The van der Waals surface area contributed by atoms with Gasteiger partial charge in [0.2, 0.25) is 5.95 Å². The molecule has 1 heterocycles. The van der Waals surface area contributed by atoms with Gasteiger partial charge in [0, 0.05) is 37.0 Å². The minimum atomic E-state index is -0.0713. The van der Waals surface area contributed by atoms with Gasteiger partial charge in [0.15, 0.2) is 0 Å². The Morgan fingerprint density at radius 3 is 2.46 bits per heavy atom. The first-order valence-electron chi connectivity index (χ1n) is 8.33. The van der Waals surface area contributed by atoms with Gasteiger partial charge in [0.05, 0.1) is 0 Å². The zero-order chi connectivity index (χ0) is 17.4. The fourth-order valence-electron chi connectivity index (χ4n) is 2.26. The first-order valence-corrected chi connectivity index (χ1v) is 8.33. The van der Waals surface area contributed by atoms with Crippen LogP contribution in [0.3, 0.4) is 0 Å². The molecule has 0 aliphatic rings. The summed E-state index contributed by atoms with van der Waals surface area (Å²) < 4.78 is 0. The topological polar surface area (TPSA) is 78.9 Å². The maximum Gasteiger partial charge on any atom is 0.251 e. The van der Waals surface area contributed by atoms with Crippen LogP contribution in [-0.4, -0.2) is 35.5 Å². The van der Waals surface area contributed by atoms with Crippen molar-refractivity contribution in [1.29, 1.82) is 0 Å². The normalized spacial score (nSPS) is 10.3. The van der Waals surface area contributed by atoms with E-state index in [9.17, 15) is 4.79 Å². The van der Waals surface area contributed by atoms with Gasteiger partial charge < -0.3 is 16.0 Å². The molecule has 6 nitrogen and oxygen atoms in total. The van der Waals surface area contributed by atoms with Crippen molar-refractivity contribution in [3.8, 4) is 0 Å². The molecule has 0 saturated heterocycles. The van der Waals surface area contributed by atoms with E-state index in [1.54, 1.807) is 0 Å². The van der Waals surface area contributed by atoms with Gasteiger partial charge in [-0.05, 0) is 38.0 Å². The Bertz CT molecular complexity index is 670. The van der Waals surface area contributed by atoms with Crippen LogP contribution in [0.4, 0.5) is 11.8 Å². The summed E-state index contributed by atoms with van der Waals surface area (Å²) in [6, 6.07) is 9.57. The van der Waals surface area contributed by atoms with Gasteiger partial charge in [0.1, 0.15) is 5.82 Å². The van der Waals surface area contributed by atoms with E-state index in [1.807, 2.05) is 44.2 Å². The highest BCUT2D eigenvalue weighted by Gasteiger charge is 2.05. The molecule has 0 aliphatic heterocycles. The number of benzene rings is 1. The zero-order valence-corrected chi connectivity index (χ0v) is 14.5. The van der Waals surface area contributed by atoms with Crippen molar-refractivity contribution in [2.24, 2.45) is 0 Å². The van der Waals surface area contributed by atoms with E-state index in [1.165, 1.54) is 5.56 Å². The van der Waals surface area contributed by atoms with Crippen LogP contribution in [0.1, 0.15) is 35.5 Å². The number of carbonyl (C=O) groups excluding carboxylic acids is 1. The number of hydrogen-bond acceptors (Lipinski definition) is 5. The number of aryl methyl sites for hydroxylation is 2. The molecule has 2 aromatic rings. The molecule has 0 radical (unpaired) electrons. The summed E-state index contributed by atoms with van der Waals surface area (Å²) in [5, 5.41) is 9.19. The largest absolute Gasteiger partial charge is 0.370 e. The summed E-state index contributed by atoms with van der Waals surface area (Å²) >= 11 is 0. The van der Waals surface area contributed by atoms with Crippen molar-refractivity contribution in [2.45, 2.75) is 27.2 Å². The van der Waals surface area contributed by atoms with Gasteiger partial charge in [-0.25, -0.2) is 4.98 Å². The Hall–Kier alpha value is -2.63. The number of nitrogens with zero attached hydrogens (tertiary/aromatic N) is 2. The molecule has 0 spiro atoms. The van der Waals surface area contributed by atoms with E-state index in [4.69, 9.17) is 0 Å². The third-order valence-electron chi connectivity index (χ3n) is 3.53. The molecule has 0 atom stereocenters. The van der Waals surface area contributed by atoms with Gasteiger partial charge in [-0.15, -0.1) is 0 Å². The van der Waals surface area contributed by atoms with E-state index in [2.05, 4.69) is 32.8 Å². The molecule has 6 heteroatoms. The Labute approximate surface area is 143 Å². The van der Waals surface area contributed by atoms with Gasteiger partial charge in [-0.2, -0.15) is 4.98 Å². The molecule has 128 valence electrons. The van der Waals surface area contributed by atoms with Crippen LogP contribution in [0.2, 0.25) is 0 Å². The van der Waals surface area contributed by atoms with E-state index >= 15 is 0 Å². The molecule has 1 amide bonds. The molecule has 0 bridgehead atoms. The monoisotopic (exact) mass is 327 g/mol. The van der Waals surface area contributed by atoms with Crippen molar-refractivity contribution >= 4 is 17.7 Å². The number of hydrogen-bond donors (Lipinski definition) is 3. The van der Waals surface area contributed by atoms with Gasteiger partial charge in [-0.1, -0.05) is 19.1 Å². The zero-order valence-electron chi connectivity index (χ0n) is 14.5. The summed E-state index contributed by atoms with van der Waals surface area (Å²) in [5.74, 6) is 1.29. The van der Waals surface area contributed by atoms with Gasteiger partial charge >= 0.3 is 0 Å². The lowest BCUT2D eigenvalue weighted by Crippen LogP contribution is -2.29. The molecule has 24 heavy (non-hydrogen) atoms. The number of anilines is 2. The lowest BCUT2D eigenvalue weighted by molar-refractivity contribution is 0.0955. The molecule has 3 N–H and O–H groups in total. The second kappa shape index (κ2) is 8.86. The molecule has 1 aromatic heterocycles. The minimum Gasteiger partial charge on any atom is -0.370 e. The Kier molecular flexibility index (Phi) is 6.54. The highest BCUT2D eigenvalue weighted by molar-refractivity contribution is 5.94. The Morgan fingerprint density at radius 2 is 1.79 bits per heavy atom. The second-order valence-electron chi connectivity index (χ2n) is 5.48. The predicted octanol–water partition coefficient (Wildman–Crippen LogP) is 2.62. The molecule has 0 saturated carbocycles. The number of amides is 1. The van der Waals surface area contributed by atoms with Crippen LogP contribution in [0.15, 0.2) is 30.3 Å². The second-order valence-corrected chi connectivity index (χ2v) is 5.48.